The highest BCUT2D eigenvalue weighted by atomic mass is 19.1. The Morgan fingerprint density at radius 2 is 2.00 bits per heavy atom. The Hall–Kier alpha value is -3.01. The van der Waals surface area contributed by atoms with Gasteiger partial charge in [0.05, 0.1) is 12.2 Å². The number of aromatic nitrogens is 1. The number of pyridine rings is 1. The van der Waals surface area contributed by atoms with Crippen LogP contribution in [0.4, 0.5) is 4.39 Å². The normalized spacial score (nSPS) is 15.9. The maximum Gasteiger partial charge on any atom is 0.192 e. The number of ketones is 1. The number of nitrogens with zero attached hydrogens (tertiary/aromatic N) is 1. The fraction of sp³-hybridized carbons (Fsp3) is 0.100. The van der Waals surface area contributed by atoms with Crippen molar-refractivity contribution in [1.29, 1.82) is 0 Å². The van der Waals surface area contributed by atoms with Crippen LogP contribution < -0.4 is 4.74 Å². The van der Waals surface area contributed by atoms with E-state index < -0.39 is 5.82 Å². The minimum atomic E-state index is -0.440. The average Bonchev–Trinajstić information content (AvgIpc) is 2.75. The summed E-state index contributed by atoms with van der Waals surface area (Å²) in [5.41, 5.74) is 1.83. The molecule has 1 aliphatic rings. The zero-order valence-corrected chi connectivity index (χ0v) is 12.8. The van der Waals surface area contributed by atoms with Gasteiger partial charge in [0.2, 0.25) is 0 Å². The predicted molar refractivity (Wildman–Crippen MR) is 90.6 cm³/mol. The van der Waals surface area contributed by atoms with E-state index in [0.29, 0.717) is 24.4 Å². The maximum absolute atomic E-state index is 13.5. The van der Waals surface area contributed by atoms with Crippen molar-refractivity contribution < 1.29 is 13.9 Å². The fourth-order valence-corrected chi connectivity index (χ4v) is 2.89. The second-order valence-corrected chi connectivity index (χ2v) is 5.72. The van der Waals surface area contributed by atoms with Crippen LogP contribution in [0.15, 0.2) is 60.4 Å². The molecule has 24 heavy (non-hydrogen) atoms. The molecule has 1 aromatic heterocycles. The van der Waals surface area contributed by atoms with Gasteiger partial charge in [-0.1, -0.05) is 12.1 Å². The second kappa shape index (κ2) is 5.89. The smallest absolute Gasteiger partial charge is 0.192 e. The number of hydrogen-bond acceptors (Lipinski definition) is 3. The minimum Gasteiger partial charge on any atom is -0.492 e. The first kappa shape index (κ1) is 14.6. The highest BCUT2D eigenvalue weighted by molar-refractivity contribution is 6.13. The SMILES string of the molecule is O=C1/C(=C\c2ccc3cnccc3c2)CCOc2ccc(F)cc21. The first-order chi connectivity index (χ1) is 11.7. The summed E-state index contributed by atoms with van der Waals surface area (Å²) in [4.78, 5) is 16.8. The Kier molecular flexibility index (Phi) is 3.58. The van der Waals surface area contributed by atoms with E-state index >= 15 is 0 Å². The van der Waals surface area contributed by atoms with Gasteiger partial charge in [0.15, 0.2) is 5.78 Å². The van der Waals surface area contributed by atoms with Crippen LogP contribution in [0.5, 0.6) is 5.75 Å². The summed E-state index contributed by atoms with van der Waals surface area (Å²) < 4.78 is 19.1. The first-order valence-corrected chi connectivity index (χ1v) is 7.72. The molecule has 0 atom stereocenters. The topological polar surface area (TPSA) is 39.2 Å². The Balaban J connectivity index is 1.76. The van der Waals surface area contributed by atoms with Crippen LogP contribution in [0.2, 0.25) is 0 Å². The first-order valence-electron chi connectivity index (χ1n) is 7.72. The summed E-state index contributed by atoms with van der Waals surface area (Å²) in [5, 5.41) is 2.10. The zero-order chi connectivity index (χ0) is 16.5. The molecule has 4 rings (SSSR count). The van der Waals surface area contributed by atoms with Gasteiger partial charge in [-0.15, -0.1) is 0 Å². The molecule has 2 aromatic carbocycles. The van der Waals surface area contributed by atoms with Crippen LogP contribution in [-0.2, 0) is 0 Å². The molecule has 0 saturated carbocycles. The van der Waals surface area contributed by atoms with Gasteiger partial charge in [-0.3, -0.25) is 9.78 Å². The molecule has 118 valence electrons. The number of fused-ring (bicyclic) bond motifs is 2. The lowest BCUT2D eigenvalue weighted by Gasteiger charge is -2.05. The number of halogens is 1. The molecule has 0 N–H and O–H groups in total. The summed E-state index contributed by atoms with van der Waals surface area (Å²) in [7, 11) is 0. The number of ether oxygens (including phenoxy) is 1. The summed E-state index contributed by atoms with van der Waals surface area (Å²) >= 11 is 0. The number of carbonyl (C=O) groups is 1. The lowest BCUT2D eigenvalue weighted by atomic mass is 9.98. The van der Waals surface area contributed by atoms with Crippen molar-refractivity contribution in [1.82, 2.24) is 4.98 Å². The van der Waals surface area contributed by atoms with Gasteiger partial charge in [0, 0.05) is 29.8 Å². The third-order valence-electron chi connectivity index (χ3n) is 4.11. The molecule has 2 heterocycles. The van der Waals surface area contributed by atoms with Crippen LogP contribution in [0.25, 0.3) is 16.8 Å². The van der Waals surface area contributed by atoms with Crippen LogP contribution in [0, 0.1) is 5.82 Å². The van der Waals surface area contributed by atoms with Crippen LogP contribution >= 0.6 is 0 Å². The molecule has 0 radical (unpaired) electrons. The molecule has 0 unspecified atom stereocenters. The number of rotatable bonds is 1. The van der Waals surface area contributed by atoms with Crippen molar-refractivity contribution in [3.63, 3.8) is 0 Å². The van der Waals surface area contributed by atoms with E-state index in [1.807, 2.05) is 30.3 Å². The molecular formula is C20H14FNO2. The molecule has 1 aliphatic heterocycles. The van der Waals surface area contributed by atoms with Crippen molar-refractivity contribution >= 4 is 22.6 Å². The largest absolute Gasteiger partial charge is 0.492 e. The van der Waals surface area contributed by atoms with Gasteiger partial charge < -0.3 is 4.74 Å². The maximum atomic E-state index is 13.5. The van der Waals surface area contributed by atoms with Gasteiger partial charge in [-0.05, 0) is 47.4 Å². The van der Waals surface area contributed by atoms with Gasteiger partial charge >= 0.3 is 0 Å². The summed E-state index contributed by atoms with van der Waals surface area (Å²) in [6.07, 6.45) is 5.88. The number of benzene rings is 2. The van der Waals surface area contributed by atoms with Crippen LogP contribution in [0.3, 0.4) is 0 Å². The van der Waals surface area contributed by atoms with E-state index in [-0.39, 0.29) is 11.3 Å². The number of carbonyl (C=O) groups excluding carboxylic acids is 1. The van der Waals surface area contributed by atoms with Gasteiger partial charge in [-0.2, -0.15) is 0 Å². The van der Waals surface area contributed by atoms with E-state index in [9.17, 15) is 9.18 Å². The molecule has 3 nitrogen and oxygen atoms in total. The molecule has 0 fully saturated rings. The Bertz CT molecular complexity index is 978. The quantitative estimate of drug-likeness (QED) is 0.623. The number of Topliss-reactive ketones (excluding diaryl/α,β-unsaturated/α-hetero) is 1. The summed E-state index contributed by atoms with van der Waals surface area (Å²) in [6.45, 7) is 0.397. The van der Waals surface area contributed by atoms with E-state index in [1.54, 1.807) is 12.4 Å². The Morgan fingerprint density at radius 1 is 1.08 bits per heavy atom. The molecular weight excluding hydrogens is 305 g/mol. The van der Waals surface area contributed by atoms with Gasteiger partial charge in [-0.25, -0.2) is 4.39 Å². The van der Waals surface area contributed by atoms with Crippen molar-refractivity contribution in [2.24, 2.45) is 0 Å². The Morgan fingerprint density at radius 3 is 2.92 bits per heavy atom. The monoisotopic (exact) mass is 319 g/mol. The minimum absolute atomic E-state index is 0.183. The van der Waals surface area contributed by atoms with Crippen molar-refractivity contribution in [2.75, 3.05) is 6.61 Å². The molecule has 0 saturated heterocycles. The highest BCUT2D eigenvalue weighted by Gasteiger charge is 2.21. The standard InChI is InChI=1S/C20H14FNO2/c21-17-3-4-19-18(11-17)20(23)15(6-8-24-19)10-13-1-2-16-12-22-7-5-14(16)9-13/h1-5,7,9-12H,6,8H2/b15-10-. The second-order valence-electron chi connectivity index (χ2n) is 5.72. The third-order valence-corrected chi connectivity index (χ3v) is 4.11. The molecule has 0 bridgehead atoms. The van der Waals surface area contributed by atoms with E-state index in [2.05, 4.69) is 4.98 Å². The zero-order valence-electron chi connectivity index (χ0n) is 12.8. The third kappa shape index (κ3) is 2.67. The van der Waals surface area contributed by atoms with Crippen molar-refractivity contribution in [3.05, 3.63) is 77.4 Å². The Labute approximate surface area is 138 Å². The highest BCUT2D eigenvalue weighted by Crippen LogP contribution is 2.28. The van der Waals surface area contributed by atoms with E-state index in [4.69, 9.17) is 4.74 Å². The molecule has 4 heteroatoms. The van der Waals surface area contributed by atoms with E-state index in [0.717, 1.165) is 16.3 Å². The van der Waals surface area contributed by atoms with Crippen molar-refractivity contribution in [2.45, 2.75) is 6.42 Å². The molecule has 0 aliphatic carbocycles. The lowest BCUT2D eigenvalue weighted by Crippen LogP contribution is -2.02. The summed E-state index contributed by atoms with van der Waals surface area (Å²) in [5.74, 6) is -0.184. The van der Waals surface area contributed by atoms with Gasteiger partial charge in [0.25, 0.3) is 0 Å². The molecule has 3 aromatic rings. The molecule has 0 spiro atoms. The van der Waals surface area contributed by atoms with Crippen molar-refractivity contribution in [3.8, 4) is 5.75 Å². The van der Waals surface area contributed by atoms with E-state index in [1.165, 1.54) is 18.2 Å². The predicted octanol–water partition coefficient (Wildman–Crippen LogP) is 4.42. The van der Waals surface area contributed by atoms with Crippen LogP contribution in [0.1, 0.15) is 22.3 Å². The summed E-state index contributed by atoms with van der Waals surface area (Å²) in [6, 6.07) is 11.9. The fourth-order valence-electron chi connectivity index (χ4n) is 2.89. The number of hydrogen-bond donors (Lipinski definition) is 0. The molecule has 0 amide bonds. The van der Waals surface area contributed by atoms with Crippen LogP contribution in [-0.4, -0.2) is 17.4 Å². The lowest BCUT2D eigenvalue weighted by molar-refractivity contribution is 0.103. The van der Waals surface area contributed by atoms with Gasteiger partial charge in [0.1, 0.15) is 11.6 Å². The average molecular weight is 319 g/mol.